The Morgan fingerprint density at radius 1 is 1.20 bits per heavy atom. The van der Waals surface area contributed by atoms with Crippen LogP contribution in [0, 0.1) is 5.41 Å². The van der Waals surface area contributed by atoms with E-state index in [9.17, 15) is 14.4 Å². The minimum absolute atomic E-state index is 0.277. The van der Waals surface area contributed by atoms with Gasteiger partial charge in [-0.05, 0) is 40.8 Å². The second kappa shape index (κ2) is 4.84. The highest BCUT2D eigenvalue weighted by Crippen LogP contribution is 2.42. The number of urea groups is 1. The molecule has 0 radical (unpaired) electrons. The highest BCUT2D eigenvalue weighted by Gasteiger charge is 2.55. The Kier molecular flexibility index (Phi) is 3.62. The van der Waals surface area contributed by atoms with Crippen molar-refractivity contribution in [1.82, 2.24) is 15.1 Å². The maximum Gasteiger partial charge on any atom is 0.330 e. The average Bonchev–Trinajstić information content (AvgIpc) is 2.83. The Balaban J connectivity index is 2.27. The number of carbonyl (C=O) groups excluding carboxylic acids is 3. The van der Waals surface area contributed by atoms with Gasteiger partial charge < -0.3 is 4.90 Å². The molecule has 1 aliphatic carbocycles. The van der Waals surface area contributed by atoms with Crippen LogP contribution in [0.5, 0.6) is 0 Å². The fourth-order valence-electron chi connectivity index (χ4n) is 2.82. The fraction of sp³-hybridized carbons (Fsp3) is 0.786. The van der Waals surface area contributed by atoms with Crippen LogP contribution in [0.2, 0.25) is 0 Å². The predicted octanol–water partition coefficient (Wildman–Crippen LogP) is 0.965. The van der Waals surface area contributed by atoms with Crippen molar-refractivity contribution in [3.8, 4) is 0 Å². The predicted molar refractivity (Wildman–Crippen MR) is 73.9 cm³/mol. The van der Waals surface area contributed by atoms with Gasteiger partial charge in [-0.3, -0.25) is 19.8 Å². The van der Waals surface area contributed by atoms with Crippen molar-refractivity contribution in [2.75, 3.05) is 20.6 Å². The number of hydrogen-bond acceptors (Lipinski definition) is 4. The number of amides is 4. The molecule has 6 heteroatoms. The molecule has 2 rings (SSSR count). The third kappa shape index (κ3) is 2.22. The SMILES string of the molecule is CN(C)C(C)(C)CN1C(=O)NC(=O)C2(CCCC2)C1=O. The van der Waals surface area contributed by atoms with Crippen LogP contribution >= 0.6 is 0 Å². The summed E-state index contributed by atoms with van der Waals surface area (Å²) in [5.74, 6) is -0.734. The highest BCUT2D eigenvalue weighted by atomic mass is 16.2. The van der Waals surface area contributed by atoms with Gasteiger partial charge >= 0.3 is 6.03 Å². The smallest absolute Gasteiger partial charge is 0.302 e. The lowest BCUT2D eigenvalue weighted by Crippen LogP contribution is -2.66. The summed E-state index contributed by atoms with van der Waals surface area (Å²) in [5, 5.41) is 2.36. The van der Waals surface area contributed by atoms with Crippen molar-refractivity contribution >= 4 is 17.8 Å². The number of nitrogens with zero attached hydrogens (tertiary/aromatic N) is 2. The van der Waals surface area contributed by atoms with Crippen molar-refractivity contribution in [3.63, 3.8) is 0 Å². The molecule has 1 N–H and O–H groups in total. The number of likely N-dealkylation sites (N-methyl/N-ethyl adjacent to an activating group) is 1. The molecule has 0 bridgehead atoms. The number of carbonyl (C=O) groups is 3. The molecule has 112 valence electrons. The molecule has 1 spiro atoms. The lowest BCUT2D eigenvalue weighted by Gasteiger charge is -2.42. The summed E-state index contributed by atoms with van der Waals surface area (Å²) < 4.78 is 0. The van der Waals surface area contributed by atoms with Gasteiger partial charge in [0, 0.05) is 12.1 Å². The van der Waals surface area contributed by atoms with Gasteiger partial charge in [-0.15, -0.1) is 0 Å². The Bertz CT molecular complexity index is 451. The zero-order valence-corrected chi connectivity index (χ0v) is 12.7. The van der Waals surface area contributed by atoms with Gasteiger partial charge in [-0.2, -0.15) is 0 Å². The van der Waals surface area contributed by atoms with Crippen LogP contribution in [0.25, 0.3) is 0 Å². The van der Waals surface area contributed by atoms with E-state index < -0.39 is 17.4 Å². The van der Waals surface area contributed by atoms with E-state index in [1.165, 1.54) is 4.90 Å². The molecule has 20 heavy (non-hydrogen) atoms. The summed E-state index contributed by atoms with van der Waals surface area (Å²) in [6.07, 6.45) is 2.81. The van der Waals surface area contributed by atoms with Crippen LogP contribution in [-0.2, 0) is 9.59 Å². The van der Waals surface area contributed by atoms with E-state index >= 15 is 0 Å². The van der Waals surface area contributed by atoms with Gasteiger partial charge in [0.15, 0.2) is 0 Å². The molecule has 2 aliphatic rings. The first-order valence-corrected chi connectivity index (χ1v) is 7.05. The summed E-state index contributed by atoms with van der Waals surface area (Å²) in [4.78, 5) is 40.0. The maximum absolute atomic E-state index is 12.7. The minimum Gasteiger partial charge on any atom is -0.302 e. The van der Waals surface area contributed by atoms with Crippen LogP contribution in [0.4, 0.5) is 4.79 Å². The van der Waals surface area contributed by atoms with E-state index in [1.807, 2.05) is 32.8 Å². The molecular formula is C14H23N3O3. The lowest BCUT2D eigenvalue weighted by atomic mass is 9.81. The Morgan fingerprint density at radius 3 is 2.25 bits per heavy atom. The summed E-state index contributed by atoms with van der Waals surface area (Å²) in [6, 6.07) is -0.590. The summed E-state index contributed by atoms with van der Waals surface area (Å²) in [5.41, 5.74) is -1.34. The largest absolute Gasteiger partial charge is 0.330 e. The molecule has 4 amide bonds. The normalized spacial score (nSPS) is 22.9. The number of nitrogens with one attached hydrogen (secondary N) is 1. The van der Waals surface area contributed by atoms with Crippen LogP contribution in [-0.4, -0.2) is 53.8 Å². The van der Waals surface area contributed by atoms with Crippen molar-refractivity contribution in [2.45, 2.75) is 45.1 Å². The quantitative estimate of drug-likeness (QED) is 0.782. The summed E-state index contributed by atoms with van der Waals surface area (Å²) >= 11 is 0. The monoisotopic (exact) mass is 281 g/mol. The standard InChI is InChI=1S/C14H23N3O3/c1-13(2,16(3)4)9-17-11(19)14(7-5-6-8-14)10(18)15-12(17)20/h5-9H2,1-4H3,(H,15,18,20). The average molecular weight is 281 g/mol. The van der Waals surface area contributed by atoms with Crippen LogP contribution < -0.4 is 5.32 Å². The molecule has 1 saturated heterocycles. The van der Waals surface area contributed by atoms with E-state index in [0.717, 1.165) is 12.8 Å². The van der Waals surface area contributed by atoms with E-state index in [4.69, 9.17) is 0 Å². The number of barbiturate groups is 1. The van der Waals surface area contributed by atoms with Gasteiger partial charge in [0.2, 0.25) is 11.8 Å². The van der Waals surface area contributed by atoms with Crippen molar-refractivity contribution in [1.29, 1.82) is 0 Å². The van der Waals surface area contributed by atoms with Crippen LogP contribution in [0.3, 0.4) is 0 Å². The molecule has 1 heterocycles. The molecule has 0 unspecified atom stereocenters. The second-order valence-electron chi connectivity index (χ2n) is 6.65. The van der Waals surface area contributed by atoms with Crippen molar-refractivity contribution in [3.05, 3.63) is 0 Å². The molecule has 1 saturated carbocycles. The van der Waals surface area contributed by atoms with Gasteiger partial charge in [0.25, 0.3) is 0 Å². The second-order valence-corrected chi connectivity index (χ2v) is 6.65. The van der Waals surface area contributed by atoms with Crippen molar-refractivity contribution in [2.24, 2.45) is 5.41 Å². The van der Waals surface area contributed by atoms with Gasteiger partial charge in [0.05, 0.1) is 0 Å². The van der Waals surface area contributed by atoms with E-state index in [0.29, 0.717) is 12.8 Å². The Hall–Kier alpha value is -1.43. The number of hydrogen-bond donors (Lipinski definition) is 1. The topological polar surface area (TPSA) is 69.7 Å². The highest BCUT2D eigenvalue weighted by molar-refractivity contribution is 6.19. The number of rotatable bonds is 3. The molecule has 2 fully saturated rings. The first kappa shape index (κ1) is 15.0. The molecular weight excluding hydrogens is 258 g/mol. The minimum atomic E-state index is -1.00. The van der Waals surface area contributed by atoms with Crippen LogP contribution in [0.1, 0.15) is 39.5 Å². The van der Waals surface area contributed by atoms with E-state index in [-0.39, 0.29) is 18.0 Å². The van der Waals surface area contributed by atoms with E-state index in [1.54, 1.807) is 0 Å². The molecule has 0 aromatic heterocycles. The summed E-state index contributed by atoms with van der Waals surface area (Å²) in [6.45, 7) is 4.20. The molecule has 1 aliphatic heterocycles. The van der Waals surface area contributed by atoms with E-state index in [2.05, 4.69) is 5.32 Å². The zero-order chi connectivity index (χ0) is 15.1. The third-order valence-electron chi connectivity index (χ3n) is 4.77. The number of imide groups is 2. The molecule has 0 aromatic carbocycles. The first-order valence-electron chi connectivity index (χ1n) is 7.05. The Morgan fingerprint density at radius 2 is 1.75 bits per heavy atom. The maximum atomic E-state index is 12.7. The van der Waals surface area contributed by atoms with Crippen molar-refractivity contribution < 1.29 is 14.4 Å². The summed E-state index contributed by atoms with van der Waals surface area (Å²) in [7, 11) is 3.81. The third-order valence-corrected chi connectivity index (χ3v) is 4.77. The van der Waals surface area contributed by atoms with Gasteiger partial charge in [0.1, 0.15) is 5.41 Å². The Labute approximate surface area is 119 Å². The lowest BCUT2D eigenvalue weighted by molar-refractivity contribution is -0.152. The fourth-order valence-corrected chi connectivity index (χ4v) is 2.82. The van der Waals surface area contributed by atoms with Gasteiger partial charge in [-0.25, -0.2) is 4.79 Å². The molecule has 6 nitrogen and oxygen atoms in total. The van der Waals surface area contributed by atoms with Gasteiger partial charge in [-0.1, -0.05) is 12.8 Å². The zero-order valence-electron chi connectivity index (χ0n) is 12.7. The first-order chi connectivity index (χ1) is 9.20. The molecule has 0 aromatic rings. The molecule has 0 atom stereocenters. The van der Waals surface area contributed by atoms with Crippen LogP contribution in [0.15, 0.2) is 0 Å².